The topological polar surface area (TPSA) is 78.9 Å². The number of nitrogens with zero attached hydrogens (tertiary/aromatic N) is 1. The number of ether oxygens (including phenoxy) is 1. The van der Waals surface area contributed by atoms with Crippen LogP contribution >= 0.6 is 0 Å². The largest absolute Gasteiger partial charge is 0.394 e. The van der Waals surface area contributed by atoms with E-state index in [0.717, 1.165) is 31.2 Å². The maximum atomic E-state index is 12.8. The Morgan fingerprint density at radius 3 is 2.55 bits per heavy atom. The van der Waals surface area contributed by atoms with Gasteiger partial charge in [-0.2, -0.15) is 0 Å². The summed E-state index contributed by atoms with van der Waals surface area (Å²) in [6.07, 6.45) is 7.63. The summed E-state index contributed by atoms with van der Waals surface area (Å²) in [6.45, 7) is 0.300. The quantitative estimate of drug-likeness (QED) is 0.703. The van der Waals surface area contributed by atoms with Gasteiger partial charge in [-0.3, -0.25) is 9.59 Å². The van der Waals surface area contributed by atoms with Crippen LogP contribution in [0.15, 0.2) is 30.3 Å². The first-order valence-electron chi connectivity index (χ1n) is 10.6. The van der Waals surface area contributed by atoms with Crippen molar-refractivity contribution in [2.75, 3.05) is 26.9 Å². The third-order valence-electron chi connectivity index (χ3n) is 6.40. The molecule has 1 saturated carbocycles. The molecule has 1 aliphatic heterocycles. The van der Waals surface area contributed by atoms with E-state index in [2.05, 4.69) is 35.7 Å². The van der Waals surface area contributed by atoms with Crippen molar-refractivity contribution in [2.24, 2.45) is 5.92 Å². The zero-order valence-electron chi connectivity index (χ0n) is 17.0. The highest BCUT2D eigenvalue weighted by molar-refractivity contribution is 5.83. The molecule has 0 radical (unpaired) electrons. The van der Waals surface area contributed by atoms with Gasteiger partial charge in [-0.15, -0.1) is 0 Å². The second-order valence-electron chi connectivity index (χ2n) is 8.34. The molecule has 6 nitrogen and oxygen atoms in total. The Kier molecular flexibility index (Phi) is 6.01. The van der Waals surface area contributed by atoms with Crippen LogP contribution in [0.5, 0.6) is 0 Å². The molecule has 4 rings (SSSR count). The van der Waals surface area contributed by atoms with E-state index in [9.17, 15) is 14.7 Å². The Labute approximate surface area is 171 Å². The van der Waals surface area contributed by atoms with E-state index in [0.29, 0.717) is 6.54 Å². The summed E-state index contributed by atoms with van der Waals surface area (Å²) >= 11 is 0. The molecule has 0 spiro atoms. The van der Waals surface area contributed by atoms with E-state index in [1.54, 1.807) is 0 Å². The number of methoxy groups -OCH3 is 1. The van der Waals surface area contributed by atoms with Gasteiger partial charge in [0.25, 0.3) is 0 Å². The van der Waals surface area contributed by atoms with Crippen molar-refractivity contribution in [3.63, 3.8) is 0 Å². The zero-order chi connectivity index (χ0) is 20.4. The Morgan fingerprint density at radius 2 is 1.97 bits per heavy atom. The summed E-state index contributed by atoms with van der Waals surface area (Å²) in [7, 11) is 1.48. The smallest absolute Gasteiger partial charge is 0.246 e. The van der Waals surface area contributed by atoms with E-state index in [1.807, 2.05) is 4.90 Å². The number of allylic oxidation sites excluding steroid dienone is 2. The molecule has 2 aliphatic carbocycles. The third kappa shape index (κ3) is 4.09. The van der Waals surface area contributed by atoms with E-state index >= 15 is 0 Å². The average molecular weight is 399 g/mol. The molecule has 2 fully saturated rings. The molecule has 156 valence electrons. The zero-order valence-corrected chi connectivity index (χ0v) is 17.0. The average Bonchev–Trinajstić information content (AvgIpc) is 3.42. The normalized spacial score (nSPS) is 26.1. The number of carbonyl (C=O) groups is 2. The Morgan fingerprint density at radius 1 is 1.21 bits per heavy atom. The number of rotatable bonds is 8. The van der Waals surface area contributed by atoms with Crippen LogP contribution in [0.4, 0.5) is 0 Å². The molecule has 29 heavy (non-hydrogen) atoms. The van der Waals surface area contributed by atoms with E-state index in [-0.39, 0.29) is 48.9 Å². The molecule has 1 saturated heterocycles. The number of carbonyl (C=O) groups excluding carboxylic acids is 2. The minimum Gasteiger partial charge on any atom is -0.394 e. The fraction of sp³-hybridized carbons (Fsp3) is 0.565. The van der Waals surface area contributed by atoms with Crippen LogP contribution in [0.2, 0.25) is 0 Å². The number of aliphatic hydroxyl groups is 1. The van der Waals surface area contributed by atoms with Crippen molar-refractivity contribution in [2.45, 2.75) is 50.1 Å². The lowest BCUT2D eigenvalue weighted by atomic mass is 9.74. The van der Waals surface area contributed by atoms with Gasteiger partial charge in [0.2, 0.25) is 11.8 Å². The van der Waals surface area contributed by atoms with Crippen molar-refractivity contribution >= 4 is 17.4 Å². The number of hydrogen-bond acceptors (Lipinski definition) is 4. The lowest BCUT2D eigenvalue weighted by Crippen LogP contribution is -2.69. The number of amides is 2. The molecule has 0 aromatic heterocycles. The molecule has 3 atom stereocenters. The third-order valence-corrected chi connectivity index (χ3v) is 6.40. The van der Waals surface area contributed by atoms with Gasteiger partial charge < -0.3 is 20.1 Å². The molecular formula is C23H30N2O4. The molecule has 3 aliphatic rings. The number of benzene rings is 1. The van der Waals surface area contributed by atoms with Crippen molar-refractivity contribution in [1.29, 1.82) is 0 Å². The fourth-order valence-electron chi connectivity index (χ4n) is 4.74. The van der Waals surface area contributed by atoms with Gasteiger partial charge in [-0.05, 0) is 48.8 Å². The summed E-state index contributed by atoms with van der Waals surface area (Å²) in [5, 5.41) is 12.9. The van der Waals surface area contributed by atoms with E-state index in [1.165, 1.54) is 24.7 Å². The SMILES string of the molecule is COCC(=O)NC[C@H]1[C@H](c2ccc(C3=CCCC3)cc2)[C@H](CO)N1C(=O)C1CC1. The van der Waals surface area contributed by atoms with Crippen molar-refractivity contribution in [1.82, 2.24) is 10.2 Å². The number of nitrogens with one attached hydrogen (secondary N) is 1. The lowest BCUT2D eigenvalue weighted by molar-refractivity contribution is -0.152. The monoisotopic (exact) mass is 398 g/mol. The number of aliphatic hydroxyl groups excluding tert-OH is 1. The van der Waals surface area contributed by atoms with Crippen LogP contribution in [0.3, 0.4) is 0 Å². The highest BCUT2D eigenvalue weighted by Gasteiger charge is 2.53. The van der Waals surface area contributed by atoms with Crippen LogP contribution in [0.25, 0.3) is 5.57 Å². The summed E-state index contributed by atoms with van der Waals surface area (Å²) in [5.41, 5.74) is 3.76. The number of likely N-dealkylation sites (tertiary alicyclic amines) is 1. The van der Waals surface area contributed by atoms with Gasteiger partial charge in [0, 0.05) is 25.5 Å². The van der Waals surface area contributed by atoms with Crippen LogP contribution < -0.4 is 5.32 Å². The minimum atomic E-state index is -0.232. The first-order chi connectivity index (χ1) is 14.1. The van der Waals surface area contributed by atoms with Crippen LogP contribution in [0, 0.1) is 5.92 Å². The molecule has 0 unspecified atom stereocenters. The Balaban J connectivity index is 1.53. The van der Waals surface area contributed by atoms with Crippen molar-refractivity contribution in [3.8, 4) is 0 Å². The first-order valence-corrected chi connectivity index (χ1v) is 10.6. The number of hydrogen-bond donors (Lipinski definition) is 2. The van der Waals surface area contributed by atoms with Gasteiger partial charge >= 0.3 is 0 Å². The molecule has 2 N–H and O–H groups in total. The predicted molar refractivity (Wildman–Crippen MR) is 110 cm³/mol. The highest BCUT2D eigenvalue weighted by Crippen LogP contribution is 2.44. The predicted octanol–water partition coefficient (Wildman–Crippen LogP) is 2.08. The first kappa shape index (κ1) is 20.1. The Hall–Kier alpha value is -2.18. The van der Waals surface area contributed by atoms with Gasteiger partial charge in [-0.1, -0.05) is 30.3 Å². The van der Waals surface area contributed by atoms with Crippen LogP contribution in [-0.2, 0) is 14.3 Å². The van der Waals surface area contributed by atoms with E-state index in [4.69, 9.17) is 4.74 Å². The highest BCUT2D eigenvalue weighted by atomic mass is 16.5. The summed E-state index contributed by atoms with van der Waals surface area (Å²) < 4.78 is 4.89. The van der Waals surface area contributed by atoms with Gasteiger partial charge in [0.15, 0.2) is 0 Å². The molecule has 1 aromatic rings. The van der Waals surface area contributed by atoms with Crippen LogP contribution in [-0.4, -0.2) is 60.8 Å². The summed E-state index contributed by atoms with van der Waals surface area (Å²) in [4.78, 5) is 26.5. The molecule has 1 heterocycles. The maximum absolute atomic E-state index is 12.8. The molecule has 1 aromatic carbocycles. The second kappa shape index (κ2) is 8.67. The standard InChI is InChI=1S/C23H30N2O4/c1-29-14-21(27)24-12-19-22(20(13-26)25(19)23(28)18-10-11-18)17-8-6-16(7-9-17)15-4-2-3-5-15/h4,6-9,18-20,22,26H,2-3,5,10-14H2,1H3,(H,24,27)/t19-,20-,22-/m0/s1. The molecule has 2 amide bonds. The van der Waals surface area contributed by atoms with Gasteiger partial charge in [0.05, 0.1) is 18.7 Å². The van der Waals surface area contributed by atoms with Crippen molar-refractivity contribution in [3.05, 3.63) is 41.5 Å². The second-order valence-corrected chi connectivity index (χ2v) is 8.34. The molecule has 6 heteroatoms. The van der Waals surface area contributed by atoms with Crippen molar-refractivity contribution < 1.29 is 19.4 Å². The fourth-order valence-corrected chi connectivity index (χ4v) is 4.74. The molecular weight excluding hydrogens is 368 g/mol. The summed E-state index contributed by atoms with van der Waals surface area (Å²) in [6, 6.07) is 8.15. The molecule has 0 bridgehead atoms. The minimum absolute atomic E-state index is 0.00119. The Bertz CT molecular complexity index is 785. The van der Waals surface area contributed by atoms with Gasteiger partial charge in [0.1, 0.15) is 6.61 Å². The van der Waals surface area contributed by atoms with E-state index < -0.39 is 0 Å². The van der Waals surface area contributed by atoms with Gasteiger partial charge in [-0.25, -0.2) is 0 Å². The summed E-state index contributed by atoms with van der Waals surface area (Å²) in [5.74, 6) is 0.0102. The van der Waals surface area contributed by atoms with Crippen LogP contribution in [0.1, 0.15) is 49.1 Å². The maximum Gasteiger partial charge on any atom is 0.246 e. The lowest BCUT2D eigenvalue weighted by Gasteiger charge is -2.55.